The van der Waals surface area contributed by atoms with Crippen molar-refractivity contribution < 1.29 is 14.7 Å². The van der Waals surface area contributed by atoms with Crippen LogP contribution in [0.1, 0.15) is 23.2 Å². The Hall–Kier alpha value is -2.31. The molecule has 2 heterocycles. The van der Waals surface area contributed by atoms with Gasteiger partial charge in [-0.05, 0) is 18.9 Å². The van der Waals surface area contributed by atoms with Crippen molar-refractivity contribution in [2.75, 3.05) is 30.8 Å². The monoisotopic (exact) mass is 278 g/mol. The second-order valence-electron chi connectivity index (χ2n) is 4.78. The summed E-state index contributed by atoms with van der Waals surface area (Å²) in [7, 11) is 1.63. The number of carboxylic acid groups (broad SMARTS) is 1. The summed E-state index contributed by atoms with van der Waals surface area (Å²) in [5.74, 6) is -0.531. The van der Waals surface area contributed by atoms with E-state index < -0.39 is 5.97 Å². The van der Waals surface area contributed by atoms with Crippen LogP contribution in [-0.2, 0) is 4.79 Å². The molecule has 7 nitrogen and oxygen atoms in total. The van der Waals surface area contributed by atoms with Gasteiger partial charge in [-0.2, -0.15) is 0 Å². The summed E-state index contributed by atoms with van der Waals surface area (Å²) in [4.78, 5) is 28.7. The number of carbonyl (C=O) groups is 2. The molecule has 0 radical (unpaired) electrons. The Morgan fingerprint density at radius 2 is 2.10 bits per heavy atom. The second kappa shape index (κ2) is 5.77. The van der Waals surface area contributed by atoms with E-state index in [0.29, 0.717) is 31.7 Å². The Labute approximate surface area is 116 Å². The van der Waals surface area contributed by atoms with Gasteiger partial charge in [0.2, 0.25) is 5.91 Å². The maximum Gasteiger partial charge on any atom is 0.337 e. The molecule has 20 heavy (non-hydrogen) atoms. The van der Waals surface area contributed by atoms with Gasteiger partial charge in [0.15, 0.2) is 5.82 Å². The molecule has 0 aliphatic carbocycles. The molecule has 4 N–H and O–H groups in total. The zero-order valence-corrected chi connectivity index (χ0v) is 11.3. The Morgan fingerprint density at radius 3 is 2.65 bits per heavy atom. The SMILES string of the molecule is CNC(=O)C1CCN(c2nccc(C(=O)O)c2N)CC1. The minimum absolute atomic E-state index is 0.000121. The van der Waals surface area contributed by atoms with E-state index in [-0.39, 0.29) is 23.1 Å². The molecule has 1 aromatic rings. The number of piperidine rings is 1. The van der Waals surface area contributed by atoms with Gasteiger partial charge in [0.1, 0.15) is 0 Å². The van der Waals surface area contributed by atoms with Crippen LogP contribution in [0.25, 0.3) is 0 Å². The molecule has 108 valence electrons. The fraction of sp³-hybridized carbons (Fsp3) is 0.462. The van der Waals surface area contributed by atoms with Crippen LogP contribution >= 0.6 is 0 Å². The predicted molar refractivity (Wildman–Crippen MR) is 74.6 cm³/mol. The number of amides is 1. The van der Waals surface area contributed by atoms with Gasteiger partial charge in [-0.1, -0.05) is 0 Å². The van der Waals surface area contributed by atoms with Crippen molar-refractivity contribution in [3.63, 3.8) is 0 Å². The summed E-state index contributed by atoms with van der Waals surface area (Å²) in [6.45, 7) is 1.27. The minimum Gasteiger partial charge on any atom is -0.478 e. The molecule has 1 fully saturated rings. The lowest BCUT2D eigenvalue weighted by molar-refractivity contribution is -0.125. The lowest BCUT2D eigenvalue weighted by Crippen LogP contribution is -2.40. The zero-order valence-electron chi connectivity index (χ0n) is 11.3. The molecule has 7 heteroatoms. The molecular weight excluding hydrogens is 260 g/mol. The molecule has 1 aromatic heterocycles. The van der Waals surface area contributed by atoms with Crippen molar-refractivity contribution in [1.29, 1.82) is 0 Å². The molecule has 1 amide bonds. The summed E-state index contributed by atoms with van der Waals surface area (Å²) in [5.41, 5.74) is 6.11. The van der Waals surface area contributed by atoms with Crippen molar-refractivity contribution in [3.05, 3.63) is 17.8 Å². The normalized spacial score (nSPS) is 15.9. The van der Waals surface area contributed by atoms with E-state index in [1.54, 1.807) is 7.05 Å². The van der Waals surface area contributed by atoms with E-state index in [9.17, 15) is 9.59 Å². The number of rotatable bonds is 3. The number of anilines is 2. The Bertz CT molecular complexity index is 524. The highest BCUT2D eigenvalue weighted by Crippen LogP contribution is 2.28. The van der Waals surface area contributed by atoms with Gasteiger partial charge < -0.3 is 21.1 Å². The fourth-order valence-corrected chi connectivity index (χ4v) is 2.46. The van der Waals surface area contributed by atoms with Crippen LogP contribution in [0.5, 0.6) is 0 Å². The number of nitrogens with zero attached hydrogens (tertiary/aromatic N) is 2. The van der Waals surface area contributed by atoms with Crippen molar-refractivity contribution in [2.24, 2.45) is 5.92 Å². The lowest BCUT2D eigenvalue weighted by atomic mass is 9.96. The smallest absolute Gasteiger partial charge is 0.337 e. The third kappa shape index (κ3) is 2.66. The molecule has 1 aliphatic heterocycles. The first-order valence-corrected chi connectivity index (χ1v) is 6.49. The molecular formula is C13H18N4O3. The average molecular weight is 278 g/mol. The van der Waals surface area contributed by atoms with Gasteiger partial charge in [-0.25, -0.2) is 9.78 Å². The fourth-order valence-electron chi connectivity index (χ4n) is 2.46. The first-order valence-electron chi connectivity index (χ1n) is 6.49. The number of carboxylic acids is 1. The molecule has 2 rings (SSSR count). The Kier molecular flexibility index (Phi) is 4.07. The highest BCUT2D eigenvalue weighted by Gasteiger charge is 2.26. The number of nitrogen functional groups attached to an aromatic ring is 1. The molecule has 1 aliphatic rings. The summed E-state index contributed by atoms with van der Waals surface area (Å²) in [6.07, 6.45) is 2.86. The zero-order chi connectivity index (χ0) is 14.7. The van der Waals surface area contributed by atoms with Crippen LogP contribution in [-0.4, -0.2) is 42.1 Å². The van der Waals surface area contributed by atoms with E-state index in [1.807, 2.05) is 4.90 Å². The van der Waals surface area contributed by atoms with Crippen LogP contribution < -0.4 is 16.0 Å². The van der Waals surface area contributed by atoms with Crippen LogP contribution in [0, 0.1) is 5.92 Å². The van der Waals surface area contributed by atoms with Crippen LogP contribution in [0.4, 0.5) is 11.5 Å². The molecule has 1 saturated heterocycles. The minimum atomic E-state index is -1.06. The Balaban J connectivity index is 2.13. The van der Waals surface area contributed by atoms with E-state index in [1.165, 1.54) is 12.3 Å². The van der Waals surface area contributed by atoms with Crippen LogP contribution in [0.3, 0.4) is 0 Å². The predicted octanol–water partition coefficient (Wildman–Crippen LogP) is 0.324. The van der Waals surface area contributed by atoms with Crippen molar-refractivity contribution >= 4 is 23.4 Å². The van der Waals surface area contributed by atoms with Crippen molar-refractivity contribution in [1.82, 2.24) is 10.3 Å². The van der Waals surface area contributed by atoms with E-state index >= 15 is 0 Å². The van der Waals surface area contributed by atoms with Gasteiger partial charge in [0.05, 0.1) is 11.3 Å². The van der Waals surface area contributed by atoms with E-state index in [2.05, 4.69) is 10.3 Å². The topological polar surface area (TPSA) is 109 Å². The molecule has 0 spiro atoms. The number of pyridine rings is 1. The summed E-state index contributed by atoms with van der Waals surface area (Å²) in [6, 6.07) is 1.39. The highest BCUT2D eigenvalue weighted by atomic mass is 16.4. The maximum absolute atomic E-state index is 11.6. The third-order valence-electron chi connectivity index (χ3n) is 3.61. The molecule has 0 atom stereocenters. The van der Waals surface area contributed by atoms with Gasteiger partial charge in [-0.15, -0.1) is 0 Å². The average Bonchev–Trinajstić information content (AvgIpc) is 2.46. The lowest BCUT2D eigenvalue weighted by Gasteiger charge is -2.32. The Morgan fingerprint density at radius 1 is 1.45 bits per heavy atom. The molecule has 0 saturated carbocycles. The number of hydrogen-bond acceptors (Lipinski definition) is 5. The number of aromatic carboxylic acids is 1. The summed E-state index contributed by atoms with van der Waals surface area (Å²) >= 11 is 0. The van der Waals surface area contributed by atoms with E-state index in [0.717, 1.165) is 0 Å². The maximum atomic E-state index is 11.6. The summed E-state index contributed by atoms with van der Waals surface area (Å²) < 4.78 is 0. The largest absolute Gasteiger partial charge is 0.478 e. The third-order valence-corrected chi connectivity index (χ3v) is 3.61. The van der Waals surface area contributed by atoms with E-state index in [4.69, 9.17) is 10.8 Å². The van der Waals surface area contributed by atoms with Gasteiger partial charge in [-0.3, -0.25) is 4.79 Å². The number of aromatic nitrogens is 1. The van der Waals surface area contributed by atoms with Gasteiger partial charge >= 0.3 is 5.97 Å². The molecule has 0 bridgehead atoms. The van der Waals surface area contributed by atoms with Gasteiger partial charge in [0.25, 0.3) is 0 Å². The first kappa shape index (κ1) is 14.1. The molecule has 0 unspecified atom stereocenters. The quantitative estimate of drug-likeness (QED) is 0.735. The first-order chi connectivity index (χ1) is 9.54. The summed E-state index contributed by atoms with van der Waals surface area (Å²) in [5, 5.41) is 11.7. The van der Waals surface area contributed by atoms with Gasteiger partial charge in [0, 0.05) is 32.3 Å². The highest BCUT2D eigenvalue weighted by molar-refractivity contribution is 5.96. The number of nitrogens with two attached hydrogens (primary N) is 1. The van der Waals surface area contributed by atoms with Crippen molar-refractivity contribution in [2.45, 2.75) is 12.8 Å². The second-order valence-corrected chi connectivity index (χ2v) is 4.78. The standard InChI is InChI=1S/C13H18N4O3/c1-15-12(18)8-3-6-17(7-4-8)11-10(14)9(13(19)20)2-5-16-11/h2,5,8H,3-4,6-7,14H2,1H3,(H,15,18)(H,19,20). The molecule has 0 aromatic carbocycles. The number of hydrogen-bond donors (Lipinski definition) is 3. The van der Waals surface area contributed by atoms with Crippen LogP contribution in [0.2, 0.25) is 0 Å². The van der Waals surface area contributed by atoms with Crippen LogP contribution in [0.15, 0.2) is 12.3 Å². The number of carbonyl (C=O) groups excluding carboxylic acids is 1. The number of nitrogens with one attached hydrogen (secondary N) is 1. The van der Waals surface area contributed by atoms with Crippen molar-refractivity contribution in [3.8, 4) is 0 Å².